The molecule has 2 N–H and O–H groups in total. The summed E-state index contributed by atoms with van der Waals surface area (Å²) in [4.78, 5) is 14.0. The van der Waals surface area contributed by atoms with Crippen LogP contribution in [0.1, 0.15) is 23.1 Å². The number of nitrogens with two attached hydrogens (primary N) is 1. The Hall–Kier alpha value is -1.06. The highest BCUT2D eigenvalue weighted by Crippen LogP contribution is 2.14. The number of rotatable bonds is 2. The maximum Gasteiger partial charge on any atom is 0.227 e. The van der Waals surface area contributed by atoms with E-state index in [1.165, 1.54) is 11.1 Å². The minimum atomic E-state index is 0. The molecule has 0 unspecified atom stereocenters. The third-order valence-corrected chi connectivity index (χ3v) is 3.42. The van der Waals surface area contributed by atoms with E-state index < -0.39 is 0 Å². The van der Waals surface area contributed by atoms with Crippen molar-refractivity contribution in [3.05, 3.63) is 34.9 Å². The topological polar surface area (TPSA) is 46.3 Å². The molecule has 0 aliphatic carbocycles. The molecule has 1 aliphatic rings. The molecular weight excluding hydrogens is 248 g/mol. The van der Waals surface area contributed by atoms with Gasteiger partial charge in [-0.2, -0.15) is 0 Å². The molecule has 1 aromatic rings. The molecule has 1 atom stereocenters. The molecule has 4 heteroatoms. The molecule has 0 radical (unpaired) electrons. The van der Waals surface area contributed by atoms with Gasteiger partial charge in [-0.15, -0.1) is 12.4 Å². The lowest BCUT2D eigenvalue weighted by Crippen LogP contribution is -2.33. The number of amides is 1. The van der Waals surface area contributed by atoms with Gasteiger partial charge in [-0.3, -0.25) is 4.79 Å². The Morgan fingerprint density at radius 3 is 2.78 bits per heavy atom. The number of halogens is 1. The predicted molar refractivity (Wildman–Crippen MR) is 76.0 cm³/mol. The highest BCUT2D eigenvalue weighted by Gasteiger charge is 2.23. The van der Waals surface area contributed by atoms with Gasteiger partial charge in [0.2, 0.25) is 5.91 Å². The first-order chi connectivity index (χ1) is 8.06. The van der Waals surface area contributed by atoms with Crippen LogP contribution in [-0.2, 0) is 11.2 Å². The average Bonchev–Trinajstić information content (AvgIpc) is 2.70. The maximum atomic E-state index is 12.1. The number of hydrogen-bond acceptors (Lipinski definition) is 2. The summed E-state index contributed by atoms with van der Waals surface area (Å²) in [6.45, 7) is 5.63. The molecule has 1 heterocycles. The van der Waals surface area contributed by atoms with Gasteiger partial charge in [0, 0.05) is 19.1 Å². The Balaban J connectivity index is 0.00000162. The maximum absolute atomic E-state index is 12.1. The van der Waals surface area contributed by atoms with Gasteiger partial charge in [0.1, 0.15) is 0 Å². The fourth-order valence-corrected chi connectivity index (χ4v) is 2.28. The third kappa shape index (κ3) is 3.47. The highest BCUT2D eigenvalue weighted by atomic mass is 35.5. The second-order valence-corrected chi connectivity index (χ2v) is 5.00. The van der Waals surface area contributed by atoms with E-state index in [2.05, 4.69) is 32.0 Å². The molecule has 0 bridgehead atoms. The molecule has 18 heavy (non-hydrogen) atoms. The molecule has 0 aromatic heterocycles. The van der Waals surface area contributed by atoms with Crippen molar-refractivity contribution in [2.45, 2.75) is 32.7 Å². The molecule has 1 saturated heterocycles. The van der Waals surface area contributed by atoms with Gasteiger partial charge < -0.3 is 10.6 Å². The van der Waals surface area contributed by atoms with Crippen molar-refractivity contribution in [1.82, 2.24) is 4.90 Å². The Morgan fingerprint density at radius 2 is 2.17 bits per heavy atom. The molecule has 1 aliphatic heterocycles. The van der Waals surface area contributed by atoms with Gasteiger partial charge >= 0.3 is 0 Å². The summed E-state index contributed by atoms with van der Waals surface area (Å²) in [6.07, 6.45) is 1.43. The summed E-state index contributed by atoms with van der Waals surface area (Å²) in [5.41, 5.74) is 9.34. The van der Waals surface area contributed by atoms with E-state index in [1.54, 1.807) is 0 Å². The van der Waals surface area contributed by atoms with Gasteiger partial charge in [0.15, 0.2) is 0 Å². The van der Waals surface area contributed by atoms with Crippen molar-refractivity contribution in [2.75, 3.05) is 13.1 Å². The fourth-order valence-electron chi connectivity index (χ4n) is 2.28. The second kappa shape index (κ2) is 6.21. The molecule has 1 aromatic carbocycles. The smallest absolute Gasteiger partial charge is 0.227 e. The van der Waals surface area contributed by atoms with Crippen LogP contribution < -0.4 is 5.73 Å². The van der Waals surface area contributed by atoms with E-state index in [9.17, 15) is 4.79 Å². The van der Waals surface area contributed by atoms with Crippen molar-refractivity contribution in [3.8, 4) is 0 Å². The van der Waals surface area contributed by atoms with Crippen molar-refractivity contribution in [1.29, 1.82) is 0 Å². The van der Waals surface area contributed by atoms with Crippen LogP contribution in [-0.4, -0.2) is 29.9 Å². The minimum absolute atomic E-state index is 0. The number of carbonyl (C=O) groups excluding carboxylic acids is 1. The monoisotopic (exact) mass is 268 g/mol. The van der Waals surface area contributed by atoms with Crippen molar-refractivity contribution in [3.63, 3.8) is 0 Å². The van der Waals surface area contributed by atoms with Crippen LogP contribution in [0.15, 0.2) is 18.2 Å². The lowest BCUT2D eigenvalue weighted by molar-refractivity contribution is -0.129. The normalized spacial score (nSPS) is 18.6. The van der Waals surface area contributed by atoms with Crippen molar-refractivity contribution >= 4 is 18.3 Å². The molecule has 1 amide bonds. The van der Waals surface area contributed by atoms with E-state index in [4.69, 9.17) is 5.73 Å². The standard InChI is InChI=1S/C14H20N2O.ClH/c1-10-3-4-11(2)12(7-10)8-14(17)16-6-5-13(15)9-16;/h3-4,7,13H,5-6,8-9,15H2,1-2H3;1H/t13-;/m0./s1. The zero-order chi connectivity index (χ0) is 12.4. The van der Waals surface area contributed by atoms with Crippen LogP contribution in [0.2, 0.25) is 0 Å². The Morgan fingerprint density at radius 1 is 1.44 bits per heavy atom. The van der Waals surface area contributed by atoms with Gasteiger partial charge in [0.05, 0.1) is 6.42 Å². The highest BCUT2D eigenvalue weighted by molar-refractivity contribution is 5.85. The third-order valence-electron chi connectivity index (χ3n) is 3.42. The van der Waals surface area contributed by atoms with Crippen LogP contribution in [0, 0.1) is 13.8 Å². The van der Waals surface area contributed by atoms with Gasteiger partial charge in [-0.05, 0) is 31.4 Å². The van der Waals surface area contributed by atoms with Gasteiger partial charge in [0.25, 0.3) is 0 Å². The summed E-state index contributed by atoms with van der Waals surface area (Å²) >= 11 is 0. The minimum Gasteiger partial charge on any atom is -0.341 e. The van der Waals surface area contributed by atoms with E-state index in [-0.39, 0.29) is 24.4 Å². The number of aryl methyl sites for hydroxylation is 2. The fraction of sp³-hybridized carbons (Fsp3) is 0.500. The van der Waals surface area contributed by atoms with Crippen LogP contribution in [0.5, 0.6) is 0 Å². The first-order valence-electron chi connectivity index (χ1n) is 6.16. The zero-order valence-corrected chi connectivity index (χ0v) is 11.8. The Labute approximate surface area is 115 Å². The number of likely N-dealkylation sites (tertiary alicyclic amines) is 1. The summed E-state index contributed by atoms with van der Waals surface area (Å²) in [6, 6.07) is 6.42. The Bertz CT molecular complexity index is 434. The summed E-state index contributed by atoms with van der Waals surface area (Å²) in [7, 11) is 0. The largest absolute Gasteiger partial charge is 0.341 e. The van der Waals surface area contributed by atoms with Crippen LogP contribution in [0.4, 0.5) is 0 Å². The Kier molecular flexibility index (Phi) is 5.17. The quantitative estimate of drug-likeness (QED) is 0.890. The average molecular weight is 269 g/mol. The molecule has 3 nitrogen and oxygen atoms in total. The SMILES string of the molecule is Cc1ccc(C)c(CC(=O)N2CC[C@H](N)C2)c1.Cl. The molecule has 0 spiro atoms. The van der Waals surface area contributed by atoms with Crippen LogP contribution in [0.3, 0.4) is 0 Å². The summed E-state index contributed by atoms with van der Waals surface area (Å²) in [5.74, 6) is 0.201. The molecular formula is C14H21ClN2O. The van der Waals surface area contributed by atoms with Crippen LogP contribution in [0.25, 0.3) is 0 Å². The zero-order valence-electron chi connectivity index (χ0n) is 11.0. The molecule has 2 rings (SSSR count). The van der Waals surface area contributed by atoms with E-state index in [0.29, 0.717) is 13.0 Å². The number of nitrogens with zero attached hydrogens (tertiary/aromatic N) is 1. The van der Waals surface area contributed by atoms with E-state index in [0.717, 1.165) is 18.5 Å². The number of hydrogen-bond donors (Lipinski definition) is 1. The first-order valence-corrected chi connectivity index (χ1v) is 6.16. The van der Waals surface area contributed by atoms with E-state index in [1.807, 2.05) is 4.90 Å². The summed E-state index contributed by atoms with van der Waals surface area (Å²) < 4.78 is 0. The van der Waals surface area contributed by atoms with E-state index >= 15 is 0 Å². The lowest BCUT2D eigenvalue weighted by Gasteiger charge is -2.16. The van der Waals surface area contributed by atoms with Gasteiger partial charge in [-0.25, -0.2) is 0 Å². The van der Waals surface area contributed by atoms with Crippen molar-refractivity contribution in [2.24, 2.45) is 5.73 Å². The molecule has 0 saturated carbocycles. The van der Waals surface area contributed by atoms with Crippen molar-refractivity contribution < 1.29 is 4.79 Å². The number of carbonyl (C=O) groups is 1. The summed E-state index contributed by atoms with van der Waals surface area (Å²) in [5, 5.41) is 0. The first kappa shape index (κ1) is 15.0. The van der Waals surface area contributed by atoms with Crippen LogP contribution >= 0.6 is 12.4 Å². The number of benzene rings is 1. The van der Waals surface area contributed by atoms with Gasteiger partial charge in [-0.1, -0.05) is 23.8 Å². The lowest BCUT2D eigenvalue weighted by atomic mass is 10.0. The predicted octanol–water partition coefficient (Wildman–Crippen LogP) is 1.83. The molecule has 1 fully saturated rings. The molecule has 100 valence electrons. The second-order valence-electron chi connectivity index (χ2n) is 5.00.